The van der Waals surface area contributed by atoms with Crippen LogP contribution in [-0.4, -0.2) is 50.1 Å². The third kappa shape index (κ3) is 3.78. The van der Waals surface area contributed by atoms with Crippen molar-refractivity contribution in [3.8, 4) is 11.6 Å². The zero-order valence-corrected chi connectivity index (χ0v) is 15.2. The Morgan fingerprint density at radius 2 is 1.89 bits per heavy atom. The van der Waals surface area contributed by atoms with Crippen molar-refractivity contribution >= 4 is 11.9 Å². The number of halogens is 3. The van der Waals surface area contributed by atoms with Crippen LogP contribution in [0.1, 0.15) is 38.3 Å². The van der Waals surface area contributed by atoms with Gasteiger partial charge in [-0.3, -0.25) is 4.79 Å². The van der Waals surface area contributed by atoms with Gasteiger partial charge >= 0.3 is 12.2 Å². The van der Waals surface area contributed by atoms with E-state index in [1.807, 2.05) is 4.90 Å². The van der Waals surface area contributed by atoms with E-state index in [4.69, 9.17) is 4.42 Å². The minimum Gasteiger partial charge on any atom is -0.402 e. The number of alkyl halides is 3. The summed E-state index contributed by atoms with van der Waals surface area (Å²) in [5.41, 5.74) is -0.613. The summed E-state index contributed by atoms with van der Waals surface area (Å²) >= 11 is 0. The number of hydrogen-bond donors (Lipinski definition) is 1. The highest BCUT2D eigenvalue weighted by atomic mass is 19.4. The van der Waals surface area contributed by atoms with Crippen LogP contribution in [0.4, 0.5) is 19.2 Å². The summed E-state index contributed by atoms with van der Waals surface area (Å²) in [7, 11) is 0. The molecule has 1 saturated heterocycles. The van der Waals surface area contributed by atoms with Crippen molar-refractivity contribution < 1.29 is 22.4 Å². The van der Waals surface area contributed by atoms with E-state index in [1.54, 1.807) is 6.92 Å². The first-order valence-electron chi connectivity index (χ1n) is 9.04. The fourth-order valence-electron chi connectivity index (χ4n) is 3.37. The van der Waals surface area contributed by atoms with Crippen molar-refractivity contribution in [3.63, 3.8) is 0 Å². The molecule has 11 heteroatoms. The van der Waals surface area contributed by atoms with Crippen LogP contribution in [-0.2, 0) is 11.0 Å². The predicted molar refractivity (Wildman–Crippen MR) is 90.9 cm³/mol. The van der Waals surface area contributed by atoms with Gasteiger partial charge in [0.2, 0.25) is 5.91 Å². The molecule has 2 aromatic heterocycles. The van der Waals surface area contributed by atoms with Crippen LogP contribution in [0.5, 0.6) is 0 Å². The van der Waals surface area contributed by atoms with E-state index >= 15 is 0 Å². The third-order valence-electron chi connectivity index (χ3n) is 5.39. The number of nitrogens with zero attached hydrogens (tertiary/aromatic N) is 5. The van der Waals surface area contributed by atoms with Gasteiger partial charge in [-0.25, -0.2) is 9.97 Å². The Labute approximate surface area is 158 Å². The summed E-state index contributed by atoms with van der Waals surface area (Å²) in [5, 5.41) is 10.4. The Kier molecular flexibility index (Phi) is 4.47. The summed E-state index contributed by atoms with van der Waals surface area (Å²) in [6.45, 7) is 3.20. The lowest BCUT2D eigenvalue weighted by atomic mass is 9.93. The summed E-state index contributed by atoms with van der Waals surface area (Å²) in [6.07, 6.45) is 1.56. The van der Waals surface area contributed by atoms with Crippen LogP contribution in [0.2, 0.25) is 0 Å². The molecule has 150 valence electrons. The lowest BCUT2D eigenvalue weighted by molar-refractivity contribution is -0.141. The lowest BCUT2D eigenvalue weighted by Crippen LogP contribution is -2.45. The zero-order chi connectivity index (χ0) is 19.9. The van der Waals surface area contributed by atoms with Crippen molar-refractivity contribution in [1.82, 2.24) is 25.1 Å². The van der Waals surface area contributed by atoms with Gasteiger partial charge in [-0.15, -0.1) is 5.10 Å². The summed E-state index contributed by atoms with van der Waals surface area (Å²) < 4.78 is 43.0. The fraction of sp³-hybridized carbons (Fsp3) is 0.588. The normalized spacial score (nSPS) is 19.5. The van der Waals surface area contributed by atoms with E-state index in [0.29, 0.717) is 11.6 Å². The van der Waals surface area contributed by atoms with E-state index < -0.39 is 17.9 Å². The fourth-order valence-corrected chi connectivity index (χ4v) is 3.37. The molecule has 1 atom stereocenters. The van der Waals surface area contributed by atoms with E-state index in [9.17, 15) is 18.0 Å². The number of likely N-dealkylation sites (tertiary alicyclic amines) is 1. The van der Waals surface area contributed by atoms with Gasteiger partial charge in [0, 0.05) is 13.1 Å². The number of carbonyl (C=O) groups is 1. The number of piperidine rings is 1. The first-order valence-corrected chi connectivity index (χ1v) is 9.04. The first kappa shape index (κ1) is 18.6. The van der Waals surface area contributed by atoms with Crippen LogP contribution in [0.3, 0.4) is 0 Å². The van der Waals surface area contributed by atoms with Gasteiger partial charge in [-0.05, 0) is 38.0 Å². The Morgan fingerprint density at radius 1 is 1.18 bits per heavy atom. The second-order valence-electron chi connectivity index (χ2n) is 7.39. The van der Waals surface area contributed by atoms with Gasteiger partial charge in [-0.1, -0.05) is 5.10 Å². The highest BCUT2D eigenvalue weighted by molar-refractivity contribution is 5.83. The highest BCUT2D eigenvalue weighted by Gasteiger charge is 2.45. The molecule has 1 saturated carbocycles. The SMILES string of the molecule is C[C@@H](Nc1nnc(-c2cnc(C(F)(F)F)cn2)o1)C(=O)N1CCC2(CC1)CC2. The zero-order valence-electron chi connectivity index (χ0n) is 15.2. The second-order valence-corrected chi connectivity index (χ2v) is 7.39. The molecule has 1 spiro atoms. The number of hydrogen-bond acceptors (Lipinski definition) is 7. The molecule has 0 bridgehead atoms. The van der Waals surface area contributed by atoms with Crippen LogP contribution < -0.4 is 5.32 Å². The van der Waals surface area contributed by atoms with Crippen molar-refractivity contribution in [2.75, 3.05) is 18.4 Å². The quantitative estimate of drug-likeness (QED) is 0.849. The van der Waals surface area contributed by atoms with Gasteiger partial charge in [0.1, 0.15) is 11.7 Å². The molecule has 0 radical (unpaired) electrons. The molecule has 2 aromatic rings. The van der Waals surface area contributed by atoms with Crippen molar-refractivity contribution in [2.45, 2.75) is 44.8 Å². The molecule has 2 aliphatic rings. The number of aromatic nitrogens is 4. The Morgan fingerprint density at radius 3 is 2.46 bits per heavy atom. The van der Waals surface area contributed by atoms with Gasteiger partial charge < -0.3 is 14.6 Å². The molecule has 28 heavy (non-hydrogen) atoms. The van der Waals surface area contributed by atoms with Crippen molar-refractivity contribution in [3.05, 3.63) is 18.1 Å². The smallest absolute Gasteiger partial charge is 0.402 e. The third-order valence-corrected chi connectivity index (χ3v) is 5.39. The minimum absolute atomic E-state index is 0.00628. The van der Waals surface area contributed by atoms with E-state index in [0.717, 1.165) is 32.1 Å². The maximum Gasteiger partial charge on any atom is 0.434 e. The number of nitrogens with one attached hydrogen (secondary N) is 1. The number of amides is 1. The average molecular weight is 396 g/mol. The Balaban J connectivity index is 1.37. The summed E-state index contributed by atoms with van der Waals surface area (Å²) in [4.78, 5) is 21.4. The molecule has 3 heterocycles. The predicted octanol–water partition coefficient (Wildman–Crippen LogP) is 2.75. The molecular weight excluding hydrogens is 377 g/mol. The molecule has 1 N–H and O–H groups in total. The first-order chi connectivity index (χ1) is 13.3. The van der Waals surface area contributed by atoms with Crippen LogP contribution in [0.25, 0.3) is 11.6 Å². The number of rotatable bonds is 4. The molecule has 0 aromatic carbocycles. The topological polar surface area (TPSA) is 97.0 Å². The lowest BCUT2D eigenvalue weighted by Gasteiger charge is -2.33. The van der Waals surface area contributed by atoms with Gasteiger partial charge in [0.15, 0.2) is 5.69 Å². The van der Waals surface area contributed by atoms with E-state index in [1.165, 1.54) is 12.8 Å². The molecule has 1 aliphatic heterocycles. The molecule has 1 amide bonds. The van der Waals surface area contributed by atoms with E-state index in [-0.39, 0.29) is 23.5 Å². The van der Waals surface area contributed by atoms with Crippen molar-refractivity contribution in [2.24, 2.45) is 5.41 Å². The maximum absolute atomic E-state index is 12.6. The van der Waals surface area contributed by atoms with E-state index in [2.05, 4.69) is 25.5 Å². The molecule has 4 rings (SSSR count). The molecule has 1 aliphatic carbocycles. The summed E-state index contributed by atoms with van der Waals surface area (Å²) in [6, 6.07) is -0.575. The molecule has 8 nitrogen and oxygen atoms in total. The Hall–Kier alpha value is -2.72. The largest absolute Gasteiger partial charge is 0.434 e. The average Bonchev–Trinajstić information content (AvgIpc) is 3.25. The monoisotopic (exact) mass is 396 g/mol. The van der Waals surface area contributed by atoms with Crippen LogP contribution in [0.15, 0.2) is 16.8 Å². The minimum atomic E-state index is -4.57. The van der Waals surface area contributed by atoms with Gasteiger partial charge in [-0.2, -0.15) is 13.2 Å². The molecule has 0 unspecified atom stereocenters. The Bertz CT molecular complexity index is 853. The van der Waals surface area contributed by atoms with Crippen molar-refractivity contribution in [1.29, 1.82) is 0 Å². The summed E-state index contributed by atoms with van der Waals surface area (Å²) in [5.74, 6) is -0.137. The number of anilines is 1. The van der Waals surface area contributed by atoms with Crippen LogP contribution in [0, 0.1) is 5.41 Å². The number of carbonyl (C=O) groups excluding carboxylic acids is 1. The second kappa shape index (κ2) is 6.71. The maximum atomic E-state index is 12.6. The van der Waals surface area contributed by atoms with Gasteiger partial charge in [0.25, 0.3) is 5.89 Å². The highest BCUT2D eigenvalue weighted by Crippen LogP contribution is 2.53. The van der Waals surface area contributed by atoms with Crippen LogP contribution >= 0.6 is 0 Å². The standard InChI is InChI=1S/C17H19F3N6O2/c1-10(14(27)26-6-4-16(2-3-16)5-7-26)23-15-25-24-13(28-15)11-8-22-12(9-21-11)17(18,19)20/h8-10H,2-7H2,1H3,(H,23,25)/t10-/m1/s1. The molecular formula is C17H19F3N6O2. The van der Waals surface area contributed by atoms with Gasteiger partial charge in [0.05, 0.1) is 12.4 Å². The molecule has 2 fully saturated rings.